The number of rotatable bonds is 6. The first-order valence-corrected chi connectivity index (χ1v) is 9.48. The molecule has 0 amide bonds. The summed E-state index contributed by atoms with van der Waals surface area (Å²) in [6.07, 6.45) is 4.98. The average molecular weight is 379 g/mol. The summed E-state index contributed by atoms with van der Waals surface area (Å²) in [6.45, 7) is 3.54. The van der Waals surface area contributed by atoms with Gasteiger partial charge in [-0.05, 0) is 42.4 Å². The van der Waals surface area contributed by atoms with E-state index in [2.05, 4.69) is 20.6 Å². The van der Waals surface area contributed by atoms with Crippen molar-refractivity contribution in [1.29, 1.82) is 0 Å². The summed E-state index contributed by atoms with van der Waals surface area (Å²) in [4.78, 5) is 12.7. The Morgan fingerprint density at radius 2 is 1.96 bits per heavy atom. The molecule has 4 rings (SSSR count). The number of pyridine rings is 2. The number of hydrogen-bond acceptors (Lipinski definition) is 6. The summed E-state index contributed by atoms with van der Waals surface area (Å²) >= 11 is 1.51. The van der Waals surface area contributed by atoms with Gasteiger partial charge in [-0.1, -0.05) is 24.3 Å². The maximum atomic E-state index is 14.4. The Labute approximate surface area is 160 Å². The third-order valence-electron chi connectivity index (χ3n) is 4.15. The SMILES string of the molecule is CCNCNc1nc2cc(-c3cccnc3)cc(-c3cccnc3F)c2s1. The fourth-order valence-corrected chi connectivity index (χ4v) is 3.83. The minimum absolute atomic E-state index is 0.468. The van der Waals surface area contributed by atoms with Gasteiger partial charge >= 0.3 is 0 Å². The van der Waals surface area contributed by atoms with Crippen molar-refractivity contribution in [2.45, 2.75) is 6.92 Å². The van der Waals surface area contributed by atoms with Crippen LogP contribution in [0.15, 0.2) is 55.0 Å². The van der Waals surface area contributed by atoms with Gasteiger partial charge in [0, 0.05) is 35.3 Å². The highest BCUT2D eigenvalue weighted by atomic mass is 32.1. The maximum absolute atomic E-state index is 14.4. The number of nitrogens with one attached hydrogen (secondary N) is 2. The smallest absolute Gasteiger partial charge is 0.220 e. The van der Waals surface area contributed by atoms with Crippen molar-refractivity contribution in [1.82, 2.24) is 20.3 Å². The molecule has 136 valence electrons. The number of fused-ring (bicyclic) bond motifs is 1. The number of hydrogen-bond donors (Lipinski definition) is 2. The molecule has 0 saturated carbocycles. The summed E-state index contributed by atoms with van der Waals surface area (Å²) < 4.78 is 15.4. The zero-order valence-electron chi connectivity index (χ0n) is 14.7. The molecule has 0 saturated heterocycles. The highest BCUT2D eigenvalue weighted by molar-refractivity contribution is 7.22. The number of aromatic nitrogens is 3. The van der Waals surface area contributed by atoms with Gasteiger partial charge in [0.1, 0.15) is 0 Å². The van der Waals surface area contributed by atoms with Gasteiger partial charge in [-0.15, -0.1) is 0 Å². The van der Waals surface area contributed by atoms with E-state index in [9.17, 15) is 4.39 Å². The Morgan fingerprint density at radius 1 is 1.07 bits per heavy atom. The average Bonchev–Trinajstić information content (AvgIpc) is 3.11. The molecule has 4 aromatic rings. The van der Waals surface area contributed by atoms with E-state index in [-0.39, 0.29) is 0 Å². The molecule has 0 bridgehead atoms. The molecule has 0 unspecified atom stereocenters. The lowest BCUT2D eigenvalue weighted by Gasteiger charge is -2.08. The summed E-state index contributed by atoms with van der Waals surface area (Å²) in [5.41, 5.74) is 3.97. The molecular formula is C20H18FN5S. The van der Waals surface area contributed by atoms with Crippen molar-refractivity contribution in [3.05, 3.63) is 60.9 Å². The first-order valence-electron chi connectivity index (χ1n) is 8.66. The number of thiazole rings is 1. The summed E-state index contributed by atoms with van der Waals surface area (Å²) in [5.74, 6) is -0.488. The van der Waals surface area contributed by atoms with Gasteiger partial charge in [0.2, 0.25) is 5.95 Å². The first-order chi connectivity index (χ1) is 13.3. The van der Waals surface area contributed by atoms with E-state index < -0.39 is 5.95 Å². The minimum Gasteiger partial charge on any atom is -0.349 e. The van der Waals surface area contributed by atoms with Crippen LogP contribution in [0.3, 0.4) is 0 Å². The minimum atomic E-state index is -0.488. The zero-order valence-corrected chi connectivity index (χ0v) is 15.6. The van der Waals surface area contributed by atoms with E-state index in [4.69, 9.17) is 4.98 Å². The maximum Gasteiger partial charge on any atom is 0.220 e. The van der Waals surface area contributed by atoms with Gasteiger partial charge < -0.3 is 10.6 Å². The van der Waals surface area contributed by atoms with Crippen molar-refractivity contribution in [2.75, 3.05) is 18.5 Å². The van der Waals surface area contributed by atoms with Crippen LogP contribution >= 0.6 is 11.3 Å². The molecule has 0 radical (unpaired) electrons. The highest BCUT2D eigenvalue weighted by Gasteiger charge is 2.16. The Bertz CT molecular complexity index is 1060. The number of benzene rings is 1. The predicted octanol–water partition coefficient (Wildman–Crippen LogP) is 4.54. The van der Waals surface area contributed by atoms with Crippen LogP contribution in [0.25, 0.3) is 32.5 Å². The molecule has 0 atom stereocenters. The molecule has 0 fully saturated rings. The van der Waals surface area contributed by atoms with Crippen LogP contribution < -0.4 is 10.6 Å². The molecule has 1 aromatic carbocycles. The zero-order chi connectivity index (χ0) is 18.6. The molecule has 0 spiro atoms. The Hall–Kier alpha value is -2.90. The van der Waals surface area contributed by atoms with Gasteiger partial charge in [-0.3, -0.25) is 4.98 Å². The van der Waals surface area contributed by atoms with Crippen molar-refractivity contribution < 1.29 is 4.39 Å². The third kappa shape index (κ3) is 3.65. The molecule has 3 heterocycles. The lowest BCUT2D eigenvalue weighted by molar-refractivity contribution is 0.588. The number of halogens is 1. The fourth-order valence-electron chi connectivity index (χ4n) is 2.86. The van der Waals surface area contributed by atoms with Crippen LogP contribution in [0.1, 0.15) is 6.92 Å². The van der Waals surface area contributed by atoms with Gasteiger partial charge in [-0.2, -0.15) is 4.39 Å². The van der Waals surface area contributed by atoms with Crippen molar-refractivity contribution >= 4 is 26.7 Å². The van der Waals surface area contributed by atoms with Gasteiger partial charge in [0.15, 0.2) is 5.13 Å². The quantitative estimate of drug-likeness (QED) is 0.293. The van der Waals surface area contributed by atoms with Crippen LogP contribution in [0.5, 0.6) is 0 Å². The molecule has 2 N–H and O–H groups in total. The second-order valence-corrected chi connectivity index (χ2v) is 6.93. The highest BCUT2D eigenvalue weighted by Crippen LogP contribution is 2.39. The third-order valence-corrected chi connectivity index (χ3v) is 5.21. The van der Waals surface area contributed by atoms with E-state index in [1.807, 2.05) is 31.2 Å². The molecule has 0 aliphatic carbocycles. The Balaban J connectivity index is 1.88. The van der Waals surface area contributed by atoms with E-state index in [1.54, 1.807) is 24.5 Å². The lowest BCUT2D eigenvalue weighted by Crippen LogP contribution is -2.20. The number of nitrogens with zero attached hydrogens (tertiary/aromatic N) is 3. The summed E-state index contributed by atoms with van der Waals surface area (Å²) in [5, 5.41) is 7.26. The molecule has 5 nitrogen and oxygen atoms in total. The van der Waals surface area contributed by atoms with Crippen molar-refractivity contribution in [2.24, 2.45) is 0 Å². The molecule has 7 heteroatoms. The largest absolute Gasteiger partial charge is 0.349 e. The Kier molecular flexibility index (Phi) is 5.04. The van der Waals surface area contributed by atoms with E-state index >= 15 is 0 Å². The standard InChI is InChI=1S/C20H18FN5S/c1-2-22-12-25-20-26-17-10-14(13-5-3-7-23-11-13)9-16(18(17)27-20)15-6-4-8-24-19(15)21/h3-11,22H,2,12H2,1H3,(H,25,26). The van der Waals surface area contributed by atoms with E-state index in [1.165, 1.54) is 17.5 Å². The summed E-state index contributed by atoms with van der Waals surface area (Å²) in [7, 11) is 0. The monoisotopic (exact) mass is 379 g/mol. The molecule has 3 aromatic heterocycles. The van der Waals surface area contributed by atoms with Crippen molar-refractivity contribution in [3.63, 3.8) is 0 Å². The van der Waals surface area contributed by atoms with Crippen LogP contribution in [-0.2, 0) is 0 Å². The normalized spacial score (nSPS) is 11.0. The second kappa shape index (κ2) is 7.77. The summed E-state index contributed by atoms with van der Waals surface area (Å²) in [6, 6.07) is 11.3. The second-order valence-electron chi connectivity index (χ2n) is 5.93. The van der Waals surface area contributed by atoms with E-state index in [0.717, 1.165) is 38.6 Å². The number of anilines is 1. The van der Waals surface area contributed by atoms with Crippen LogP contribution in [0.2, 0.25) is 0 Å². The molecule has 0 aliphatic heterocycles. The van der Waals surface area contributed by atoms with Crippen LogP contribution in [0, 0.1) is 5.95 Å². The van der Waals surface area contributed by atoms with Crippen LogP contribution in [-0.4, -0.2) is 28.2 Å². The van der Waals surface area contributed by atoms with Gasteiger partial charge in [-0.25, -0.2) is 9.97 Å². The van der Waals surface area contributed by atoms with Gasteiger partial charge in [0.05, 0.1) is 16.9 Å². The molecular weight excluding hydrogens is 361 g/mol. The fraction of sp³-hybridized carbons (Fsp3) is 0.150. The topological polar surface area (TPSA) is 62.7 Å². The van der Waals surface area contributed by atoms with Gasteiger partial charge in [0.25, 0.3) is 0 Å². The lowest BCUT2D eigenvalue weighted by atomic mass is 10.00. The van der Waals surface area contributed by atoms with E-state index in [0.29, 0.717) is 12.2 Å². The van der Waals surface area contributed by atoms with Crippen LogP contribution in [0.4, 0.5) is 9.52 Å². The first kappa shape index (κ1) is 17.5. The molecule has 0 aliphatic rings. The predicted molar refractivity (Wildman–Crippen MR) is 108 cm³/mol. The molecule has 27 heavy (non-hydrogen) atoms. The van der Waals surface area contributed by atoms with Crippen molar-refractivity contribution in [3.8, 4) is 22.3 Å². The Morgan fingerprint density at radius 3 is 2.74 bits per heavy atom.